The Hall–Kier alpha value is -2.89. The number of carbonyl (C=O) groups is 3. The molecule has 1 N–H and O–H groups in total. The van der Waals surface area contributed by atoms with E-state index < -0.39 is 11.9 Å². The molecule has 0 bridgehead atoms. The van der Waals surface area contributed by atoms with Gasteiger partial charge in [-0.3, -0.25) is 9.59 Å². The number of carbonyl (C=O) groups excluding carboxylic acids is 3. The highest BCUT2D eigenvalue weighted by Gasteiger charge is 2.23. The van der Waals surface area contributed by atoms with E-state index in [-0.39, 0.29) is 31.1 Å². The molecule has 1 aromatic carbocycles. The number of nitrogens with one attached hydrogen (secondary N) is 1. The lowest BCUT2D eigenvalue weighted by Crippen LogP contribution is -2.17. The van der Waals surface area contributed by atoms with Gasteiger partial charge in [-0.15, -0.1) is 0 Å². The van der Waals surface area contributed by atoms with Crippen molar-refractivity contribution in [2.45, 2.75) is 34.1 Å². The fourth-order valence-corrected chi connectivity index (χ4v) is 2.77. The average molecular weight is 357 g/mol. The van der Waals surface area contributed by atoms with E-state index in [4.69, 9.17) is 9.47 Å². The first kappa shape index (κ1) is 19.4. The number of benzene rings is 1. The lowest BCUT2D eigenvalue weighted by Gasteiger charge is -2.06. The Bertz CT molecular complexity index is 835. The summed E-state index contributed by atoms with van der Waals surface area (Å²) in [6.07, 6.45) is 0.108. The second-order valence-corrected chi connectivity index (χ2v) is 6.03. The van der Waals surface area contributed by atoms with Crippen LogP contribution in [0.2, 0.25) is 0 Å². The average Bonchev–Trinajstić information content (AvgIpc) is 2.89. The minimum absolute atomic E-state index is 0.108. The maximum Gasteiger partial charge on any atom is 0.340 e. The first-order chi connectivity index (χ1) is 12.3. The topological polar surface area (TPSA) is 85.5 Å². The van der Waals surface area contributed by atoms with Crippen LogP contribution in [0.3, 0.4) is 0 Å². The molecule has 138 valence electrons. The smallest absolute Gasteiger partial charge is 0.340 e. The number of aromatic nitrogens is 1. The van der Waals surface area contributed by atoms with Crippen LogP contribution in [0.5, 0.6) is 0 Å². The van der Waals surface area contributed by atoms with E-state index >= 15 is 0 Å². The van der Waals surface area contributed by atoms with Gasteiger partial charge in [-0.2, -0.15) is 0 Å². The summed E-state index contributed by atoms with van der Waals surface area (Å²) in [5.41, 5.74) is 3.51. The van der Waals surface area contributed by atoms with Crippen LogP contribution in [0, 0.1) is 20.8 Å². The number of aryl methyl sites for hydroxylation is 2. The minimum Gasteiger partial charge on any atom is -0.462 e. The zero-order chi connectivity index (χ0) is 19.3. The fraction of sp³-hybridized carbons (Fsp3) is 0.350. The molecule has 0 fully saturated rings. The highest BCUT2D eigenvalue weighted by Crippen LogP contribution is 2.19. The first-order valence-electron chi connectivity index (χ1n) is 8.44. The van der Waals surface area contributed by atoms with Gasteiger partial charge in [-0.05, 0) is 44.4 Å². The molecule has 0 amide bonds. The Morgan fingerprint density at radius 3 is 2.38 bits per heavy atom. The predicted molar refractivity (Wildman–Crippen MR) is 96.4 cm³/mol. The second-order valence-electron chi connectivity index (χ2n) is 6.03. The van der Waals surface area contributed by atoms with E-state index in [0.717, 1.165) is 11.1 Å². The maximum absolute atomic E-state index is 12.4. The van der Waals surface area contributed by atoms with Crippen LogP contribution >= 0.6 is 0 Å². The van der Waals surface area contributed by atoms with E-state index in [2.05, 4.69) is 4.98 Å². The van der Waals surface area contributed by atoms with Gasteiger partial charge >= 0.3 is 11.9 Å². The van der Waals surface area contributed by atoms with Crippen molar-refractivity contribution in [2.24, 2.45) is 0 Å². The molecule has 0 aliphatic heterocycles. The Labute approximate surface area is 152 Å². The third-order valence-electron chi connectivity index (χ3n) is 4.16. The summed E-state index contributed by atoms with van der Waals surface area (Å²) in [6.45, 7) is 6.86. The van der Waals surface area contributed by atoms with Crippen molar-refractivity contribution in [2.75, 3.05) is 13.2 Å². The first-order valence-corrected chi connectivity index (χ1v) is 8.44. The molecule has 0 spiro atoms. The summed E-state index contributed by atoms with van der Waals surface area (Å²) in [5.74, 6) is -1.34. The summed E-state index contributed by atoms with van der Waals surface area (Å²) in [4.78, 5) is 39.2. The number of esters is 2. The van der Waals surface area contributed by atoms with Gasteiger partial charge in [-0.1, -0.05) is 24.3 Å². The highest BCUT2D eigenvalue weighted by molar-refractivity contribution is 6.02. The molecule has 0 atom stereocenters. The monoisotopic (exact) mass is 357 g/mol. The molecule has 0 radical (unpaired) electrons. The fourth-order valence-electron chi connectivity index (χ4n) is 2.77. The number of ketones is 1. The zero-order valence-corrected chi connectivity index (χ0v) is 15.5. The molecule has 6 heteroatoms. The zero-order valence-electron chi connectivity index (χ0n) is 15.5. The molecule has 2 aromatic rings. The Morgan fingerprint density at radius 2 is 1.73 bits per heavy atom. The molecule has 1 heterocycles. The molecular formula is C20H23NO5. The number of aromatic amines is 1. The number of H-pyrrole nitrogens is 1. The number of hydrogen-bond donors (Lipinski definition) is 1. The Kier molecular flexibility index (Phi) is 6.33. The maximum atomic E-state index is 12.4. The standard InChI is InChI=1S/C20H23NO5/c1-5-25-20(24)18-13(3)19(21-14(18)4)16(22)11-26-17(23)10-15-9-7-6-8-12(15)2/h6-9,21H,5,10-11H2,1-4H3. The van der Waals surface area contributed by atoms with E-state index in [9.17, 15) is 14.4 Å². The van der Waals surface area contributed by atoms with Crippen molar-refractivity contribution >= 4 is 17.7 Å². The van der Waals surface area contributed by atoms with Crippen molar-refractivity contribution in [1.29, 1.82) is 0 Å². The van der Waals surface area contributed by atoms with Gasteiger partial charge in [0.05, 0.1) is 24.3 Å². The molecule has 2 rings (SSSR count). The summed E-state index contributed by atoms with van der Waals surface area (Å²) in [5, 5.41) is 0. The molecule has 6 nitrogen and oxygen atoms in total. The summed E-state index contributed by atoms with van der Waals surface area (Å²) < 4.78 is 10.1. The lowest BCUT2D eigenvalue weighted by atomic mass is 10.1. The third-order valence-corrected chi connectivity index (χ3v) is 4.16. The molecule has 0 saturated carbocycles. The van der Waals surface area contributed by atoms with E-state index in [1.807, 2.05) is 31.2 Å². The summed E-state index contributed by atoms with van der Waals surface area (Å²) in [7, 11) is 0. The van der Waals surface area contributed by atoms with Crippen molar-refractivity contribution < 1.29 is 23.9 Å². The van der Waals surface area contributed by atoms with Gasteiger partial charge in [0.2, 0.25) is 5.78 Å². The largest absolute Gasteiger partial charge is 0.462 e. The van der Waals surface area contributed by atoms with Crippen LogP contribution in [0.25, 0.3) is 0 Å². The van der Waals surface area contributed by atoms with Crippen molar-refractivity contribution in [3.8, 4) is 0 Å². The van der Waals surface area contributed by atoms with E-state index in [0.29, 0.717) is 16.8 Å². The third kappa shape index (κ3) is 4.39. The minimum atomic E-state index is -0.477. The van der Waals surface area contributed by atoms with Gasteiger partial charge in [-0.25, -0.2) is 4.79 Å². The highest BCUT2D eigenvalue weighted by atomic mass is 16.5. The quantitative estimate of drug-likeness (QED) is 0.608. The van der Waals surface area contributed by atoms with Gasteiger partial charge in [0, 0.05) is 5.69 Å². The number of hydrogen-bond acceptors (Lipinski definition) is 5. The van der Waals surface area contributed by atoms with Gasteiger partial charge < -0.3 is 14.5 Å². The number of Topliss-reactive ketones (excluding diaryl/α,β-unsaturated/α-hetero) is 1. The van der Waals surface area contributed by atoms with E-state index in [1.165, 1.54) is 0 Å². The normalized spacial score (nSPS) is 10.5. The van der Waals surface area contributed by atoms with Crippen LogP contribution in [-0.4, -0.2) is 35.9 Å². The van der Waals surface area contributed by atoms with Crippen molar-refractivity contribution in [3.63, 3.8) is 0 Å². The van der Waals surface area contributed by atoms with Gasteiger partial charge in [0.25, 0.3) is 0 Å². The Balaban J connectivity index is 2.02. The molecule has 0 aliphatic rings. The number of ether oxygens (including phenoxy) is 2. The van der Waals surface area contributed by atoms with Crippen LogP contribution < -0.4 is 0 Å². The predicted octanol–water partition coefficient (Wildman–Crippen LogP) is 3.09. The van der Waals surface area contributed by atoms with Crippen LogP contribution in [0.4, 0.5) is 0 Å². The molecule has 0 aliphatic carbocycles. The number of rotatable bonds is 7. The lowest BCUT2D eigenvalue weighted by molar-refractivity contribution is -0.141. The summed E-state index contributed by atoms with van der Waals surface area (Å²) in [6, 6.07) is 7.51. The van der Waals surface area contributed by atoms with E-state index in [1.54, 1.807) is 20.8 Å². The summed E-state index contributed by atoms with van der Waals surface area (Å²) >= 11 is 0. The van der Waals surface area contributed by atoms with Gasteiger partial charge in [0.15, 0.2) is 6.61 Å². The van der Waals surface area contributed by atoms with Crippen molar-refractivity contribution in [3.05, 3.63) is 57.9 Å². The van der Waals surface area contributed by atoms with Crippen LogP contribution in [0.1, 0.15) is 50.2 Å². The van der Waals surface area contributed by atoms with Crippen LogP contribution in [-0.2, 0) is 20.7 Å². The molecule has 1 aromatic heterocycles. The molecule has 0 unspecified atom stereocenters. The van der Waals surface area contributed by atoms with Crippen LogP contribution in [0.15, 0.2) is 24.3 Å². The second kappa shape index (κ2) is 8.47. The van der Waals surface area contributed by atoms with Crippen molar-refractivity contribution in [1.82, 2.24) is 4.98 Å². The molecule has 0 saturated heterocycles. The Morgan fingerprint density at radius 1 is 1.04 bits per heavy atom. The molecule has 26 heavy (non-hydrogen) atoms. The SMILES string of the molecule is CCOC(=O)c1c(C)[nH]c(C(=O)COC(=O)Cc2ccccc2C)c1C. The molecular weight excluding hydrogens is 334 g/mol. The van der Waals surface area contributed by atoms with Gasteiger partial charge in [0.1, 0.15) is 0 Å².